The molecule has 0 atom stereocenters. The van der Waals surface area contributed by atoms with Crippen LogP contribution in [-0.4, -0.2) is 49.1 Å². The van der Waals surface area contributed by atoms with Crippen molar-refractivity contribution >= 4 is 23.1 Å². The third-order valence-electron chi connectivity index (χ3n) is 5.39. The van der Waals surface area contributed by atoms with Gasteiger partial charge in [0.1, 0.15) is 11.4 Å². The van der Waals surface area contributed by atoms with Gasteiger partial charge in [0.15, 0.2) is 0 Å². The van der Waals surface area contributed by atoms with E-state index in [9.17, 15) is 9.59 Å². The number of para-hydroxylation sites is 1. The van der Waals surface area contributed by atoms with Gasteiger partial charge in [0.05, 0.1) is 18.3 Å². The average molecular weight is 451 g/mol. The van der Waals surface area contributed by atoms with Gasteiger partial charge in [-0.15, -0.1) is 0 Å². The van der Waals surface area contributed by atoms with Crippen molar-refractivity contribution < 1.29 is 19.1 Å². The molecule has 0 spiro atoms. The Bertz CT molecular complexity index is 967. The monoisotopic (exact) mass is 450 g/mol. The van der Waals surface area contributed by atoms with E-state index in [1.54, 1.807) is 0 Å². The fourth-order valence-corrected chi connectivity index (χ4v) is 3.83. The SMILES string of the molecule is CCCOc1ccc(C2=C(N(CC)c3ccccc3)C(=O)N(CCCOC(C)C)C2=O)cc1. The number of hydrogen-bond donors (Lipinski definition) is 0. The number of amides is 2. The molecule has 176 valence electrons. The van der Waals surface area contributed by atoms with Crippen molar-refractivity contribution in [3.63, 3.8) is 0 Å². The van der Waals surface area contributed by atoms with Crippen LogP contribution in [0.3, 0.4) is 0 Å². The second kappa shape index (κ2) is 11.7. The lowest BCUT2D eigenvalue weighted by atomic mass is 10.0. The first-order chi connectivity index (χ1) is 16.0. The first-order valence-corrected chi connectivity index (χ1v) is 11.8. The lowest BCUT2D eigenvalue weighted by molar-refractivity contribution is -0.137. The van der Waals surface area contributed by atoms with Crippen molar-refractivity contribution in [3.05, 3.63) is 65.9 Å². The Morgan fingerprint density at radius 3 is 2.21 bits per heavy atom. The molecule has 1 heterocycles. The largest absolute Gasteiger partial charge is 0.494 e. The van der Waals surface area contributed by atoms with Gasteiger partial charge in [0.25, 0.3) is 11.8 Å². The Balaban J connectivity index is 1.96. The number of benzene rings is 2. The maximum absolute atomic E-state index is 13.5. The summed E-state index contributed by atoms with van der Waals surface area (Å²) >= 11 is 0. The van der Waals surface area contributed by atoms with E-state index in [4.69, 9.17) is 9.47 Å². The molecule has 6 nitrogen and oxygen atoms in total. The van der Waals surface area contributed by atoms with Crippen LogP contribution in [-0.2, 0) is 14.3 Å². The molecular formula is C27H34N2O4. The van der Waals surface area contributed by atoms with Crippen LogP contribution in [0.25, 0.3) is 5.57 Å². The maximum atomic E-state index is 13.5. The van der Waals surface area contributed by atoms with E-state index in [1.165, 1.54) is 4.90 Å². The van der Waals surface area contributed by atoms with Gasteiger partial charge in [-0.2, -0.15) is 0 Å². The molecule has 0 radical (unpaired) electrons. The zero-order chi connectivity index (χ0) is 23.8. The highest BCUT2D eigenvalue weighted by Gasteiger charge is 2.41. The number of carbonyl (C=O) groups is 2. The Morgan fingerprint density at radius 2 is 1.61 bits per heavy atom. The van der Waals surface area contributed by atoms with Crippen LogP contribution in [0.5, 0.6) is 5.75 Å². The molecule has 2 amide bonds. The third kappa shape index (κ3) is 5.82. The van der Waals surface area contributed by atoms with Crippen molar-refractivity contribution in [2.75, 3.05) is 31.2 Å². The average Bonchev–Trinajstić information content (AvgIpc) is 3.06. The fourth-order valence-electron chi connectivity index (χ4n) is 3.83. The molecule has 3 rings (SSSR count). The summed E-state index contributed by atoms with van der Waals surface area (Å²) in [6.07, 6.45) is 1.63. The minimum absolute atomic E-state index is 0.112. The van der Waals surface area contributed by atoms with Gasteiger partial charge in [0, 0.05) is 25.4 Å². The predicted molar refractivity (Wildman–Crippen MR) is 131 cm³/mol. The molecule has 0 saturated carbocycles. The van der Waals surface area contributed by atoms with Crippen LogP contribution in [0.1, 0.15) is 46.1 Å². The molecule has 6 heteroatoms. The Hall–Kier alpha value is -3.12. The summed E-state index contributed by atoms with van der Waals surface area (Å²) < 4.78 is 11.3. The van der Waals surface area contributed by atoms with E-state index in [1.807, 2.05) is 80.3 Å². The fraction of sp³-hybridized carbons (Fsp3) is 0.407. The minimum atomic E-state index is -0.267. The number of hydrogen-bond acceptors (Lipinski definition) is 5. The molecule has 1 aliphatic rings. The van der Waals surface area contributed by atoms with Crippen molar-refractivity contribution in [2.45, 2.75) is 46.6 Å². The molecule has 1 aliphatic heterocycles. The third-order valence-corrected chi connectivity index (χ3v) is 5.39. The van der Waals surface area contributed by atoms with E-state index in [2.05, 4.69) is 6.92 Å². The molecular weight excluding hydrogens is 416 g/mol. The summed E-state index contributed by atoms with van der Waals surface area (Å²) in [5, 5.41) is 0. The molecule has 0 N–H and O–H groups in total. The van der Waals surface area contributed by atoms with Gasteiger partial charge < -0.3 is 14.4 Å². The van der Waals surface area contributed by atoms with Gasteiger partial charge in [0.2, 0.25) is 0 Å². The minimum Gasteiger partial charge on any atom is -0.494 e. The standard InChI is InChI=1S/C27H34N2O4/c1-5-18-33-23-15-13-21(14-16-23)24-25(28(6-2)22-11-8-7-9-12-22)27(31)29(26(24)30)17-10-19-32-20(3)4/h7-9,11-16,20H,5-6,10,17-19H2,1-4H3. The lowest BCUT2D eigenvalue weighted by Gasteiger charge is -2.25. The molecule has 0 bridgehead atoms. The summed E-state index contributed by atoms with van der Waals surface area (Å²) in [4.78, 5) is 30.3. The highest BCUT2D eigenvalue weighted by molar-refractivity contribution is 6.36. The Morgan fingerprint density at radius 1 is 0.909 bits per heavy atom. The quantitative estimate of drug-likeness (QED) is 0.340. The summed E-state index contributed by atoms with van der Waals surface area (Å²) in [5.41, 5.74) is 2.43. The van der Waals surface area contributed by atoms with Crippen LogP contribution in [0.4, 0.5) is 5.69 Å². The summed E-state index contributed by atoms with van der Waals surface area (Å²) in [6, 6.07) is 17.1. The van der Waals surface area contributed by atoms with Gasteiger partial charge in [-0.1, -0.05) is 37.3 Å². The molecule has 0 unspecified atom stereocenters. The normalized spacial score (nSPS) is 13.9. The number of imide groups is 1. The number of anilines is 1. The predicted octanol–water partition coefficient (Wildman–Crippen LogP) is 4.90. The van der Waals surface area contributed by atoms with Gasteiger partial charge >= 0.3 is 0 Å². The summed E-state index contributed by atoms with van der Waals surface area (Å²) in [6.45, 7) is 9.99. The highest BCUT2D eigenvalue weighted by atomic mass is 16.5. The van der Waals surface area contributed by atoms with Crippen molar-refractivity contribution in [1.29, 1.82) is 0 Å². The molecule has 0 fully saturated rings. The van der Waals surface area contributed by atoms with Crippen molar-refractivity contribution in [3.8, 4) is 5.75 Å². The first-order valence-electron chi connectivity index (χ1n) is 11.8. The first kappa shape index (κ1) is 24.5. The molecule has 33 heavy (non-hydrogen) atoms. The second-order valence-corrected chi connectivity index (χ2v) is 8.21. The maximum Gasteiger partial charge on any atom is 0.278 e. The molecule has 0 aromatic heterocycles. The number of nitrogens with zero attached hydrogens (tertiary/aromatic N) is 2. The topological polar surface area (TPSA) is 59.1 Å². The highest BCUT2D eigenvalue weighted by Crippen LogP contribution is 2.34. The number of carbonyl (C=O) groups excluding carboxylic acids is 2. The van der Waals surface area contributed by atoms with Crippen LogP contribution in [0, 0.1) is 0 Å². The van der Waals surface area contributed by atoms with Crippen LogP contribution >= 0.6 is 0 Å². The van der Waals surface area contributed by atoms with Gasteiger partial charge in [-0.3, -0.25) is 14.5 Å². The van der Waals surface area contributed by atoms with Crippen LogP contribution in [0.2, 0.25) is 0 Å². The number of rotatable bonds is 12. The number of likely N-dealkylation sites (N-methyl/N-ethyl adjacent to an activating group) is 1. The molecule has 0 saturated heterocycles. The zero-order valence-corrected chi connectivity index (χ0v) is 20.0. The van der Waals surface area contributed by atoms with Crippen molar-refractivity contribution in [2.24, 2.45) is 0 Å². The van der Waals surface area contributed by atoms with E-state index < -0.39 is 0 Å². The summed E-state index contributed by atoms with van der Waals surface area (Å²) in [7, 11) is 0. The van der Waals surface area contributed by atoms with E-state index in [-0.39, 0.29) is 17.9 Å². The van der Waals surface area contributed by atoms with E-state index in [0.29, 0.717) is 49.6 Å². The van der Waals surface area contributed by atoms with Gasteiger partial charge in [-0.25, -0.2) is 0 Å². The van der Waals surface area contributed by atoms with E-state index >= 15 is 0 Å². The van der Waals surface area contributed by atoms with Gasteiger partial charge in [-0.05, 0) is 63.4 Å². The zero-order valence-electron chi connectivity index (χ0n) is 20.0. The molecule has 2 aromatic carbocycles. The molecule has 2 aromatic rings. The molecule has 0 aliphatic carbocycles. The van der Waals surface area contributed by atoms with E-state index in [0.717, 1.165) is 17.9 Å². The smallest absolute Gasteiger partial charge is 0.278 e. The van der Waals surface area contributed by atoms with Crippen molar-refractivity contribution in [1.82, 2.24) is 4.90 Å². The Kier molecular flexibility index (Phi) is 8.66. The second-order valence-electron chi connectivity index (χ2n) is 8.21. The lowest BCUT2D eigenvalue weighted by Crippen LogP contribution is -2.36. The van der Waals surface area contributed by atoms with Crippen LogP contribution in [0.15, 0.2) is 60.3 Å². The summed E-state index contributed by atoms with van der Waals surface area (Å²) in [5.74, 6) is 0.213. The Labute approximate surface area is 196 Å². The van der Waals surface area contributed by atoms with Crippen LogP contribution < -0.4 is 9.64 Å². The number of ether oxygens (including phenoxy) is 2.